The molecule has 0 aromatic heterocycles. The highest BCUT2D eigenvalue weighted by atomic mass is 16.6. The summed E-state index contributed by atoms with van der Waals surface area (Å²) in [4.78, 5) is 18.0. The Morgan fingerprint density at radius 1 is 1.20 bits per heavy atom. The van der Waals surface area contributed by atoms with Crippen LogP contribution in [0.2, 0.25) is 0 Å². The van der Waals surface area contributed by atoms with Crippen molar-refractivity contribution in [3.63, 3.8) is 0 Å². The van der Waals surface area contributed by atoms with Crippen molar-refractivity contribution < 1.29 is 30.0 Å². The van der Waals surface area contributed by atoms with Gasteiger partial charge in [0, 0.05) is 0 Å². The fourth-order valence-electron chi connectivity index (χ4n) is 0. The van der Waals surface area contributed by atoms with Crippen molar-refractivity contribution >= 4 is 12.1 Å². The van der Waals surface area contributed by atoms with Crippen molar-refractivity contribution in [2.24, 2.45) is 0 Å². The Kier molecular flexibility index (Phi) is 6.70. The molecule has 0 saturated heterocycles. The van der Waals surface area contributed by atoms with Crippen LogP contribution >= 0.6 is 0 Å². The van der Waals surface area contributed by atoms with E-state index >= 15 is 0 Å². The third-order valence-electron chi connectivity index (χ3n) is 0.357. The largest absolute Gasteiger partial charge is 0.503 e. The van der Waals surface area contributed by atoms with Gasteiger partial charge in [-0.3, -0.25) is 0 Å². The Morgan fingerprint density at radius 3 is 1.30 bits per heavy atom. The SMILES string of the molecule is CC(O)C(=O)O.O=C(O)O. The zero-order valence-corrected chi connectivity index (χ0v) is 5.18. The van der Waals surface area contributed by atoms with Crippen molar-refractivity contribution in [2.75, 3.05) is 0 Å². The fourth-order valence-corrected chi connectivity index (χ4v) is 0. The quantitative estimate of drug-likeness (QED) is 0.409. The maximum Gasteiger partial charge on any atom is 0.503 e. The molecular formula is C4H8O6. The topological polar surface area (TPSA) is 115 Å². The van der Waals surface area contributed by atoms with E-state index in [-0.39, 0.29) is 0 Å². The fraction of sp³-hybridized carbons (Fsp3) is 0.500. The van der Waals surface area contributed by atoms with E-state index in [9.17, 15) is 4.79 Å². The molecule has 1 unspecified atom stereocenters. The summed E-state index contributed by atoms with van der Waals surface area (Å²) in [5.41, 5.74) is 0. The van der Waals surface area contributed by atoms with Gasteiger partial charge in [0.05, 0.1) is 0 Å². The van der Waals surface area contributed by atoms with E-state index in [0.717, 1.165) is 0 Å². The molecule has 0 aromatic carbocycles. The maximum absolute atomic E-state index is 9.45. The van der Waals surface area contributed by atoms with Crippen LogP contribution < -0.4 is 0 Å². The summed E-state index contributed by atoms with van der Waals surface area (Å²) in [6, 6.07) is 0. The molecule has 0 aliphatic carbocycles. The number of hydrogen-bond acceptors (Lipinski definition) is 3. The minimum Gasteiger partial charge on any atom is -0.479 e. The molecule has 0 heterocycles. The Labute approximate surface area is 56.3 Å². The van der Waals surface area contributed by atoms with Crippen molar-refractivity contribution in [2.45, 2.75) is 13.0 Å². The molecule has 0 spiro atoms. The first-order valence-electron chi connectivity index (χ1n) is 2.20. The number of aliphatic carboxylic acids is 1. The molecule has 0 fully saturated rings. The van der Waals surface area contributed by atoms with Gasteiger partial charge in [0.25, 0.3) is 0 Å². The van der Waals surface area contributed by atoms with Gasteiger partial charge in [0.2, 0.25) is 0 Å². The molecule has 10 heavy (non-hydrogen) atoms. The highest BCUT2D eigenvalue weighted by molar-refractivity contribution is 5.71. The van der Waals surface area contributed by atoms with Crippen molar-refractivity contribution in [3.05, 3.63) is 0 Å². The number of hydrogen-bond donors (Lipinski definition) is 4. The number of rotatable bonds is 1. The van der Waals surface area contributed by atoms with Gasteiger partial charge >= 0.3 is 12.1 Å². The van der Waals surface area contributed by atoms with Gasteiger partial charge in [0.1, 0.15) is 6.10 Å². The first kappa shape index (κ1) is 11.5. The molecule has 6 heteroatoms. The number of carboxylic acids is 1. The van der Waals surface area contributed by atoms with Gasteiger partial charge in [-0.1, -0.05) is 0 Å². The molecule has 0 aromatic rings. The van der Waals surface area contributed by atoms with Gasteiger partial charge < -0.3 is 20.4 Å². The maximum atomic E-state index is 9.45. The van der Waals surface area contributed by atoms with E-state index in [0.29, 0.717) is 0 Å². The monoisotopic (exact) mass is 152 g/mol. The highest BCUT2D eigenvalue weighted by Gasteiger charge is 2.01. The van der Waals surface area contributed by atoms with Gasteiger partial charge in [-0.05, 0) is 6.92 Å². The number of aliphatic hydroxyl groups excluding tert-OH is 1. The molecule has 0 bridgehead atoms. The average Bonchev–Trinajstić information content (AvgIpc) is 1.63. The first-order valence-corrected chi connectivity index (χ1v) is 2.20. The molecule has 60 valence electrons. The Morgan fingerprint density at radius 2 is 1.30 bits per heavy atom. The second-order valence-corrected chi connectivity index (χ2v) is 1.30. The van der Waals surface area contributed by atoms with Gasteiger partial charge in [-0.25, -0.2) is 9.59 Å². The molecule has 0 aliphatic rings. The van der Waals surface area contributed by atoms with E-state index in [2.05, 4.69) is 0 Å². The molecular weight excluding hydrogens is 144 g/mol. The molecule has 0 rings (SSSR count). The van der Waals surface area contributed by atoms with Crippen LogP contribution in [0.1, 0.15) is 6.92 Å². The highest BCUT2D eigenvalue weighted by Crippen LogP contribution is 1.73. The molecule has 0 aliphatic heterocycles. The van der Waals surface area contributed by atoms with E-state index in [1.807, 2.05) is 0 Å². The summed E-state index contributed by atoms with van der Waals surface area (Å²) in [6.45, 7) is 1.20. The molecule has 6 nitrogen and oxygen atoms in total. The van der Waals surface area contributed by atoms with Crippen LogP contribution in [0.25, 0.3) is 0 Å². The third kappa shape index (κ3) is 29.9. The normalized spacial score (nSPS) is 10.6. The zero-order chi connectivity index (χ0) is 8.73. The summed E-state index contributed by atoms with van der Waals surface area (Å²) in [7, 11) is 0. The average molecular weight is 152 g/mol. The molecule has 1 atom stereocenters. The van der Waals surface area contributed by atoms with Crippen molar-refractivity contribution in [3.8, 4) is 0 Å². The van der Waals surface area contributed by atoms with E-state index < -0.39 is 18.2 Å². The summed E-state index contributed by atoms with van der Waals surface area (Å²) in [5, 5.41) is 29.7. The smallest absolute Gasteiger partial charge is 0.479 e. The lowest BCUT2D eigenvalue weighted by Gasteiger charge is -1.89. The number of aliphatic hydroxyl groups is 1. The molecule has 4 N–H and O–H groups in total. The van der Waals surface area contributed by atoms with Crippen LogP contribution in [-0.2, 0) is 4.79 Å². The molecule has 0 amide bonds. The van der Waals surface area contributed by atoms with E-state index in [1.54, 1.807) is 0 Å². The first-order chi connectivity index (χ1) is 4.37. The summed E-state index contributed by atoms with van der Waals surface area (Å²) in [5.74, 6) is -1.19. The number of carbonyl (C=O) groups is 2. The minimum atomic E-state index is -1.83. The predicted molar refractivity (Wildman–Crippen MR) is 30.0 cm³/mol. The Hall–Kier alpha value is -1.30. The standard InChI is InChI=1S/C3H6O3.CH2O3/c1-2(4)3(5)6;2-1(3)4/h2,4H,1H3,(H,5,6);(H2,2,3,4). The van der Waals surface area contributed by atoms with E-state index in [1.165, 1.54) is 6.92 Å². The Bertz CT molecular complexity index is 113. The van der Waals surface area contributed by atoms with Crippen LogP contribution in [0, 0.1) is 0 Å². The summed E-state index contributed by atoms with van der Waals surface area (Å²) >= 11 is 0. The lowest BCUT2D eigenvalue weighted by Crippen LogP contribution is -2.13. The van der Waals surface area contributed by atoms with Crippen LogP contribution in [0.3, 0.4) is 0 Å². The zero-order valence-electron chi connectivity index (χ0n) is 5.18. The Balaban J connectivity index is 0. The molecule has 0 saturated carbocycles. The van der Waals surface area contributed by atoms with E-state index in [4.69, 9.17) is 25.2 Å². The van der Waals surface area contributed by atoms with Crippen molar-refractivity contribution in [1.82, 2.24) is 0 Å². The molecule has 0 radical (unpaired) electrons. The summed E-state index contributed by atoms with van der Waals surface area (Å²) in [6.07, 6.45) is -3.06. The lowest BCUT2D eigenvalue weighted by atomic mass is 10.4. The van der Waals surface area contributed by atoms with Crippen LogP contribution in [0.4, 0.5) is 4.79 Å². The van der Waals surface area contributed by atoms with Crippen LogP contribution in [-0.4, -0.2) is 38.7 Å². The van der Waals surface area contributed by atoms with Gasteiger partial charge in [-0.15, -0.1) is 0 Å². The summed E-state index contributed by atoms with van der Waals surface area (Å²) < 4.78 is 0. The number of carboxylic acid groups (broad SMARTS) is 3. The third-order valence-corrected chi connectivity index (χ3v) is 0.357. The van der Waals surface area contributed by atoms with Crippen LogP contribution in [0.5, 0.6) is 0 Å². The second kappa shape index (κ2) is 5.83. The van der Waals surface area contributed by atoms with Crippen molar-refractivity contribution in [1.29, 1.82) is 0 Å². The lowest BCUT2D eigenvalue weighted by molar-refractivity contribution is -0.145. The predicted octanol–water partition coefficient (Wildman–Crippen LogP) is -0.326. The second-order valence-electron chi connectivity index (χ2n) is 1.30. The minimum absolute atomic E-state index is 1.19. The van der Waals surface area contributed by atoms with Gasteiger partial charge in [0.15, 0.2) is 0 Å². The van der Waals surface area contributed by atoms with Crippen LogP contribution in [0.15, 0.2) is 0 Å². The van der Waals surface area contributed by atoms with Gasteiger partial charge in [-0.2, -0.15) is 0 Å².